The van der Waals surface area contributed by atoms with Crippen LogP contribution in [-0.4, -0.2) is 35.1 Å². The summed E-state index contributed by atoms with van der Waals surface area (Å²) in [6, 6.07) is 0. The lowest BCUT2D eigenvalue weighted by Gasteiger charge is -1.98. The molecule has 0 aromatic carbocycles. The summed E-state index contributed by atoms with van der Waals surface area (Å²) >= 11 is 1.37. The molecule has 0 radical (unpaired) electrons. The number of aliphatic imine (C=N–C) groups is 1. The zero-order valence-electron chi connectivity index (χ0n) is 6.20. The van der Waals surface area contributed by atoms with E-state index in [9.17, 15) is 4.79 Å². The Labute approximate surface area is 69.1 Å². The normalized spacial score (nSPS) is 27.6. The molecule has 1 aliphatic heterocycles. The van der Waals surface area contributed by atoms with Crippen LogP contribution in [0.15, 0.2) is 4.99 Å². The van der Waals surface area contributed by atoms with Crippen LogP contribution in [0, 0.1) is 0 Å². The van der Waals surface area contributed by atoms with Gasteiger partial charge in [-0.3, -0.25) is 9.79 Å². The van der Waals surface area contributed by atoms with E-state index in [1.54, 1.807) is 7.05 Å². The molecule has 62 valence electrons. The molecule has 0 aliphatic carbocycles. The van der Waals surface area contributed by atoms with Crippen molar-refractivity contribution in [3.05, 3.63) is 0 Å². The average molecular weight is 174 g/mol. The van der Waals surface area contributed by atoms with Crippen LogP contribution >= 0.6 is 11.8 Å². The summed E-state index contributed by atoms with van der Waals surface area (Å²) in [4.78, 5) is 14.8. The molecule has 0 bridgehead atoms. The number of carbonyl (C=O) groups is 1. The lowest BCUT2D eigenvalue weighted by molar-refractivity contribution is -0.119. The maximum atomic E-state index is 11.0. The van der Waals surface area contributed by atoms with Crippen LogP contribution in [0.1, 0.15) is 6.42 Å². The van der Waals surface area contributed by atoms with Crippen LogP contribution < -0.4 is 5.32 Å². The number of carbonyl (C=O) groups excluding carboxylic acids is 1. The van der Waals surface area contributed by atoms with Crippen LogP contribution in [0.2, 0.25) is 0 Å². The zero-order chi connectivity index (χ0) is 8.27. The van der Waals surface area contributed by atoms with Gasteiger partial charge in [-0.15, -0.1) is 0 Å². The SMILES string of the molecule is CN=C1NC(=O)C(CCO)S1. The number of aliphatic hydroxyl groups excluding tert-OH is 1. The Morgan fingerprint density at radius 2 is 2.55 bits per heavy atom. The molecule has 1 unspecified atom stereocenters. The fraction of sp³-hybridized carbons (Fsp3) is 0.667. The standard InChI is InChI=1S/C6H10N2O2S/c1-7-6-8-5(10)4(11-6)2-3-9/h4,9H,2-3H2,1H3,(H,7,8,10). The highest BCUT2D eigenvalue weighted by Crippen LogP contribution is 2.21. The van der Waals surface area contributed by atoms with Gasteiger partial charge in [0, 0.05) is 13.7 Å². The molecular formula is C6H10N2O2S. The molecule has 1 fully saturated rings. The maximum Gasteiger partial charge on any atom is 0.239 e. The van der Waals surface area contributed by atoms with Gasteiger partial charge < -0.3 is 10.4 Å². The zero-order valence-corrected chi connectivity index (χ0v) is 7.02. The molecule has 5 heteroatoms. The smallest absolute Gasteiger partial charge is 0.239 e. The van der Waals surface area contributed by atoms with E-state index in [2.05, 4.69) is 10.3 Å². The number of nitrogens with zero attached hydrogens (tertiary/aromatic N) is 1. The highest BCUT2D eigenvalue weighted by atomic mass is 32.2. The Morgan fingerprint density at radius 1 is 1.82 bits per heavy atom. The van der Waals surface area contributed by atoms with Gasteiger partial charge in [-0.2, -0.15) is 0 Å². The third kappa shape index (κ3) is 1.94. The molecule has 0 saturated carbocycles. The third-order valence-electron chi connectivity index (χ3n) is 1.37. The highest BCUT2D eigenvalue weighted by Gasteiger charge is 2.28. The first-order chi connectivity index (χ1) is 5.27. The van der Waals surface area contributed by atoms with Crippen molar-refractivity contribution in [2.24, 2.45) is 4.99 Å². The fourth-order valence-corrected chi connectivity index (χ4v) is 1.74. The maximum absolute atomic E-state index is 11.0. The molecule has 1 heterocycles. The van der Waals surface area contributed by atoms with Crippen LogP contribution in [-0.2, 0) is 4.79 Å². The number of aliphatic hydroxyl groups is 1. The van der Waals surface area contributed by atoms with E-state index in [4.69, 9.17) is 5.11 Å². The Morgan fingerprint density at radius 3 is 3.00 bits per heavy atom. The van der Waals surface area contributed by atoms with Crippen molar-refractivity contribution >= 4 is 22.8 Å². The van der Waals surface area contributed by atoms with E-state index in [0.29, 0.717) is 11.6 Å². The molecule has 1 aliphatic rings. The molecule has 1 saturated heterocycles. The molecule has 0 aromatic heterocycles. The quantitative estimate of drug-likeness (QED) is 0.598. The summed E-state index contributed by atoms with van der Waals surface area (Å²) in [6.45, 7) is 0.0437. The predicted octanol–water partition coefficient (Wildman–Crippen LogP) is -0.414. The molecular weight excluding hydrogens is 164 g/mol. The summed E-state index contributed by atoms with van der Waals surface area (Å²) < 4.78 is 0. The van der Waals surface area contributed by atoms with E-state index in [-0.39, 0.29) is 17.8 Å². The van der Waals surface area contributed by atoms with E-state index in [1.165, 1.54) is 11.8 Å². The van der Waals surface area contributed by atoms with E-state index >= 15 is 0 Å². The monoisotopic (exact) mass is 174 g/mol. The van der Waals surface area contributed by atoms with Crippen molar-refractivity contribution in [1.29, 1.82) is 0 Å². The Kier molecular flexibility index (Phi) is 2.90. The van der Waals surface area contributed by atoms with Crippen molar-refractivity contribution < 1.29 is 9.90 Å². The number of hydrogen-bond acceptors (Lipinski definition) is 4. The summed E-state index contributed by atoms with van der Waals surface area (Å²) in [7, 11) is 1.63. The second-order valence-corrected chi connectivity index (χ2v) is 3.33. The van der Waals surface area contributed by atoms with Gasteiger partial charge in [0.1, 0.15) is 0 Å². The first-order valence-corrected chi connectivity index (χ1v) is 4.21. The number of hydrogen-bond donors (Lipinski definition) is 2. The van der Waals surface area contributed by atoms with Crippen LogP contribution in [0.4, 0.5) is 0 Å². The molecule has 1 rings (SSSR count). The van der Waals surface area contributed by atoms with Crippen LogP contribution in [0.5, 0.6) is 0 Å². The topological polar surface area (TPSA) is 61.7 Å². The third-order valence-corrected chi connectivity index (χ3v) is 2.61. The van der Waals surface area contributed by atoms with Crippen molar-refractivity contribution in [1.82, 2.24) is 5.32 Å². The molecule has 1 atom stereocenters. The summed E-state index contributed by atoms with van der Waals surface area (Å²) in [5.41, 5.74) is 0. The van der Waals surface area contributed by atoms with Crippen LogP contribution in [0.3, 0.4) is 0 Å². The lowest BCUT2D eigenvalue weighted by Crippen LogP contribution is -2.25. The number of amidine groups is 1. The van der Waals surface area contributed by atoms with Gasteiger partial charge in [0.15, 0.2) is 5.17 Å². The van der Waals surface area contributed by atoms with Gasteiger partial charge in [0.05, 0.1) is 5.25 Å². The molecule has 11 heavy (non-hydrogen) atoms. The van der Waals surface area contributed by atoms with E-state index in [0.717, 1.165) is 0 Å². The Balaban J connectivity index is 2.52. The minimum absolute atomic E-state index is 0.0437. The minimum atomic E-state index is -0.154. The van der Waals surface area contributed by atoms with Gasteiger partial charge >= 0.3 is 0 Å². The molecule has 2 N–H and O–H groups in total. The van der Waals surface area contributed by atoms with Gasteiger partial charge in [-0.1, -0.05) is 11.8 Å². The Bertz CT molecular complexity index is 193. The van der Waals surface area contributed by atoms with Crippen molar-refractivity contribution in [2.45, 2.75) is 11.7 Å². The van der Waals surface area contributed by atoms with Gasteiger partial charge in [-0.25, -0.2) is 0 Å². The number of amides is 1. The second kappa shape index (κ2) is 3.73. The first-order valence-electron chi connectivity index (χ1n) is 3.33. The molecule has 4 nitrogen and oxygen atoms in total. The summed E-state index contributed by atoms with van der Waals surface area (Å²) in [5, 5.41) is 11.7. The van der Waals surface area contributed by atoms with Crippen molar-refractivity contribution in [3.8, 4) is 0 Å². The second-order valence-electron chi connectivity index (χ2n) is 2.14. The summed E-state index contributed by atoms with van der Waals surface area (Å²) in [5.74, 6) is -0.0512. The van der Waals surface area contributed by atoms with Crippen molar-refractivity contribution in [2.75, 3.05) is 13.7 Å². The number of nitrogens with one attached hydrogen (secondary N) is 1. The molecule has 0 aromatic rings. The summed E-state index contributed by atoms with van der Waals surface area (Å²) in [6.07, 6.45) is 0.496. The minimum Gasteiger partial charge on any atom is -0.396 e. The molecule has 1 amide bonds. The Hall–Kier alpha value is -0.550. The van der Waals surface area contributed by atoms with E-state index in [1.807, 2.05) is 0 Å². The van der Waals surface area contributed by atoms with Gasteiger partial charge in [0.2, 0.25) is 5.91 Å². The average Bonchev–Trinajstić information content (AvgIpc) is 2.33. The van der Waals surface area contributed by atoms with Gasteiger partial charge in [-0.05, 0) is 6.42 Å². The highest BCUT2D eigenvalue weighted by molar-refractivity contribution is 8.15. The fourth-order valence-electron chi connectivity index (χ4n) is 0.819. The van der Waals surface area contributed by atoms with Crippen LogP contribution in [0.25, 0.3) is 0 Å². The largest absolute Gasteiger partial charge is 0.396 e. The van der Waals surface area contributed by atoms with E-state index < -0.39 is 0 Å². The predicted molar refractivity (Wildman–Crippen MR) is 44.6 cm³/mol. The number of thioether (sulfide) groups is 1. The lowest BCUT2D eigenvalue weighted by atomic mass is 10.3. The van der Waals surface area contributed by atoms with Crippen molar-refractivity contribution in [3.63, 3.8) is 0 Å². The first kappa shape index (κ1) is 8.55. The number of rotatable bonds is 2. The molecule has 0 spiro atoms. The van der Waals surface area contributed by atoms with Gasteiger partial charge in [0.25, 0.3) is 0 Å².